The second-order valence-electron chi connectivity index (χ2n) is 4.51. The van der Waals surface area contributed by atoms with E-state index in [1.165, 1.54) is 25.7 Å². The molecule has 2 rings (SSSR count). The van der Waals surface area contributed by atoms with Crippen molar-refractivity contribution in [3.63, 3.8) is 0 Å². The Morgan fingerprint density at radius 3 is 2.83 bits per heavy atom. The molecule has 1 aromatic carbocycles. The largest absolute Gasteiger partial charge is 0.383 e. The summed E-state index contributed by atoms with van der Waals surface area (Å²) >= 11 is 5.95. The third-order valence-electron chi connectivity index (χ3n) is 3.18. The van der Waals surface area contributed by atoms with Crippen LogP contribution in [0.1, 0.15) is 31.2 Å². The summed E-state index contributed by atoms with van der Waals surface area (Å²) in [6.45, 7) is 1.47. The standard InChI is InChI=1S/C14H17ClN2O/c15-14-9-12(6-5-11(14)10-16)17-7-8-18-13-3-1-2-4-13/h5-6,9,13,17H,1-4,7-8H2. The van der Waals surface area contributed by atoms with Crippen LogP contribution in [0.2, 0.25) is 5.02 Å². The van der Waals surface area contributed by atoms with Crippen LogP contribution in [0, 0.1) is 11.3 Å². The van der Waals surface area contributed by atoms with Crippen LogP contribution < -0.4 is 5.32 Å². The Balaban J connectivity index is 1.73. The molecule has 1 fully saturated rings. The van der Waals surface area contributed by atoms with Gasteiger partial charge in [0.25, 0.3) is 0 Å². The molecule has 18 heavy (non-hydrogen) atoms. The van der Waals surface area contributed by atoms with E-state index in [1.54, 1.807) is 12.1 Å². The van der Waals surface area contributed by atoms with Crippen LogP contribution in [0.5, 0.6) is 0 Å². The van der Waals surface area contributed by atoms with Crippen molar-refractivity contribution in [2.75, 3.05) is 18.5 Å². The minimum Gasteiger partial charge on any atom is -0.383 e. The molecule has 0 saturated heterocycles. The second-order valence-corrected chi connectivity index (χ2v) is 4.92. The zero-order valence-corrected chi connectivity index (χ0v) is 11.0. The Labute approximate surface area is 113 Å². The van der Waals surface area contributed by atoms with Crippen LogP contribution in [0.3, 0.4) is 0 Å². The third kappa shape index (κ3) is 3.63. The Morgan fingerprint density at radius 2 is 2.17 bits per heavy atom. The number of nitrogens with one attached hydrogen (secondary N) is 1. The molecule has 0 bridgehead atoms. The topological polar surface area (TPSA) is 45.0 Å². The molecule has 4 heteroatoms. The summed E-state index contributed by atoms with van der Waals surface area (Å²) in [6.07, 6.45) is 5.44. The number of benzene rings is 1. The van der Waals surface area contributed by atoms with Crippen molar-refractivity contribution in [3.8, 4) is 6.07 Å². The van der Waals surface area contributed by atoms with Crippen LogP contribution in [-0.4, -0.2) is 19.3 Å². The van der Waals surface area contributed by atoms with E-state index in [0.717, 1.165) is 12.2 Å². The van der Waals surface area contributed by atoms with Gasteiger partial charge >= 0.3 is 0 Å². The first-order chi connectivity index (χ1) is 8.79. The van der Waals surface area contributed by atoms with Gasteiger partial charge in [0.05, 0.1) is 23.3 Å². The fraction of sp³-hybridized carbons (Fsp3) is 0.500. The molecule has 1 N–H and O–H groups in total. The van der Waals surface area contributed by atoms with Gasteiger partial charge in [-0.15, -0.1) is 0 Å². The Kier molecular flexibility index (Phi) is 4.86. The molecule has 96 valence electrons. The van der Waals surface area contributed by atoms with E-state index in [9.17, 15) is 0 Å². The zero-order chi connectivity index (χ0) is 12.8. The van der Waals surface area contributed by atoms with E-state index >= 15 is 0 Å². The number of halogens is 1. The minimum absolute atomic E-state index is 0.455. The number of hydrogen-bond donors (Lipinski definition) is 1. The number of ether oxygens (including phenoxy) is 1. The van der Waals surface area contributed by atoms with Gasteiger partial charge < -0.3 is 10.1 Å². The normalized spacial score (nSPS) is 15.6. The number of rotatable bonds is 5. The quantitative estimate of drug-likeness (QED) is 0.827. The van der Waals surface area contributed by atoms with Crippen molar-refractivity contribution >= 4 is 17.3 Å². The molecule has 0 spiro atoms. The van der Waals surface area contributed by atoms with E-state index in [0.29, 0.717) is 23.3 Å². The van der Waals surface area contributed by atoms with Crippen LogP contribution >= 0.6 is 11.6 Å². The maximum absolute atomic E-state index is 8.77. The first-order valence-corrected chi connectivity index (χ1v) is 6.72. The van der Waals surface area contributed by atoms with Gasteiger partial charge in [0.2, 0.25) is 0 Å². The van der Waals surface area contributed by atoms with E-state index in [4.69, 9.17) is 21.6 Å². The predicted octanol–water partition coefficient (Wildman–Crippen LogP) is 3.58. The summed E-state index contributed by atoms with van der Waals surface area (Å²) in [5, 5.41) is 12.5. The molecule has 1 aliphatic carbocycles. The molecule has 1 aromatic rings. The second kappa shape index (κ2) is 6.63. The van der Waals surface area contributed by atoms with Crippen LogP contribution in [0.25, 0.3) is 0 Å². The van der Waals surface area contributed by atoms with E-state index in [2.05, 4.69) is 5.32 Å². The summed E-state index contributed by atoms with van der Waals surface area (Å²) in [5.74, 6) is 0. The van der Waals surface area contributed by atoms with Gasteiger partial charge in [-0.25, -0.2) is 0 Å². The monoisotopic (exact) mass is 264 g/mol. The summed E-state index contributed by atoms with van der Waals surface area (Å²) in [7, 11) is 0. The molecule has 0 aliphatic heterocycles. The minimum atomic E-state index is 0.455. The van der Waals surface area contributed by atoms with E-state index in [-0.39, 0.29) is 0 Å². The molecule has 0 radical (unpaired) electrons. The SMILES string of the molecule is N#Cc1ccc(NCCOC2CCCC2)cc1Cl. The van der Waals surface area contributed by atoms with Crippen molar-refractivity contribution in [1.29, 1.82) is 5.26 Å². The van der Waals surface area contributed by atoms with Gasteiger partial charge in [0.1, 0.15) is 6.07 Å². The predicted molar refractivity (Wildman–Crippen MR) is 72.9 cm³/mol. The zero-order valence-electron chi connectivity index (χ0n) is 10.3. The fourth-order valence-corrected chi connectivity index (χ4v) is 2.41. The first kappa shape index (κ1) is 13.2. The fourth-order valence-electron chi connectivity index (χ4n) is 2.19. The summed E-state index contributed by atoms with van der Waals surface area (Å²) in [5.41, 5.74) is 1.43. The lowest BCUT2D eigenvalue weighted by Crippen LogP contribution is -2.15. The lowest BCUT2D eigenvalue weighted by Gasteiger charge is -2.12. The lowest BCUT2D eigenvalue weighted by atomic mass is 10.2. The Bertz CT molecular complexity index is 436. The number of hydrogen-bond acceptors (Lipinski definition) is 3. The van der Waals surface area contributed by atoms with Gasteiger partial charge in [-0.1, -0.05) is 24.4 Å². The number of nitrogens with zero attached hydrogens (tertiary/aromatic N) is 1. The first-order valence-electron chi connectivity index (χ1n) is 6.35. The van der Waals surface area contributed by atoms with Crippen LogP contribution in [-0.2, 0) is 4.74 Å². The highest BCUT2D eigenvalue weighted by Crippen LogP contribution is 2.21. The summed E-state index contributed by atoms with van der Waals surface area (Å²) in [6, 6.07) is 7.40. The maximum atomic E-state index is 8.77. The molecule has 1 aliphatic rings. The lowest BCUT2D eigenvalue weighted by molar-refractivity contribution is 0.0659. The highest BCUT2D eigenvalue weighted by molar-refractivity contribution is 6.32. The molecule has 0 heterocycles. The maximum Gasteiger partial charge on any atom is 0.101 e. The molecule has 1 saturated carbocycles. The van der Waals surface area contributed by atoms with Gasteiger partial charge in [0, 0.05) is 12.2 Å². The number of nitriles is 1. The van der Waals surface area contributed by atoms with Crippen LogP contribution in [0.4, 0.5) is 5.69 Å². The highest BCUT2D eigenvalue weighted by atomic mass is 35.5. The molecule has 0 amide bonds. The highest BCUT2D eigenvalue weighted by Gasteiger charge is 2.14. The molecule has 0 unspecified atom stereocenters. The molecule has 0 atom stereocenters. The molecular formula is C14H17ClN2O. The smallest absolute Gasteiger partial charge is 0.101 e. The Morgan fingerprint density at radius 1 is 1.39 bits per heavy atom. The average Bonchev–Trinajstić information content (AvgIpc) is 2.88. The van der Waals surface area contributed by atoms with Crippen molar-refractivity contribution < 1.29 is 4.74 Å². The van der Waals surface area contributed by atoms with Crippen molar-refractivity contribution in [1.82, 2.24) is 0 Å². The molecule has 0 aromatic heterocycles. The van der Waals surface area contributed by atoms with Crippen LogP contribution in [0.15, 0.2) is 18.2 Å². The Hall–Kier alpha value is -1.24. The summed E-state index contributed by atoms with van der Waals surface area (Å²) < 4.78 is 5.75. The molecule has 3 nitrogen and oxygen atoms in total. The summed E-state index contributed by atoms with van der Waals surface area (Å²) in [4.78, 5) is 0. The van der Waals surface area contributed by atoms with E-state index in [1.807, 2.05) is 12.1 Å². The number of anilines is 1. The van der Waals surface area contributed by atoms with E-state index < -0.39 is 0 Å². The average molecular weight is 265 g/mol. The molecular weight excluding hydrogens is 248 g/mol. The third-order valence-corrected chi connectivity index (χ3v) is 3.49. The van der Waals surface area contributed by atoms with Crippen molar-refractivity contribution in [3.05, 3.63) is 28.8 Å². The van der Waals surface area contributed by atoms with Gasteiger partial charge in [-0.2, -0.15) is 5.26 Å². The van der Waals surface area contributed by atoms with Crippen molar-refractivity contribution in [2.45, 2.75) is 31.8 Å². The van der Waals surface area contributed by atoms with Gasteiger partial charge in [-0.3, -0.25) is 0 Å². The van der Waals surface area contributed by atoms with Gasteiger partial charge in [-0.05, 0) is 31.0 Å². The van der Waals surface area contributed by atoms with Gasteiger partial charge in [0.15, 0.2) is 0 Å². The van der Waals surface area contributed by atoms with Crippen molar-refractivity contribution in [2.24, 2.45) is 0 Å².